The quantitative estimate of drug-likeness (QED) is 0.731. The molecule has 4 rings (SSSR count). The average Bonchev–Trinajstić information content (AvgIpc) is 3.29. The fourth-order valence-corrected chi connectivity index (χ4v) is 2.44. The van der Waals surface area contributed by atoms with Gasteiger partial charge in [-0.2, -0.15) is 0 Å². The fraction of sp³-hybridized carbons (Fsp3) is 0.176. The molecule has 8 heteroatoms. The largest absolute Gasteiger partial charge is 0.504 e. The van der Waals surface area contributed by atoms with Crippen molar-refractivity contribution in [3.8, 4) is 34.5 Å². The lowest BCUT2D eigenvalue weighted by atomic mass is 10.2. The molecule has 3 aromatic rings. The van der Waals surface area contributed by atoms with Gasteiger partial charge < -0.3 is 29.1 Å². The number of phenolic OH excluding ortho intramolecular Hbond substituents is 1. The normalized spacial score (nSPS) is 12.2. The number of methoxy groups -OCH3 is 1. The van der Waals surface area contributed by atoms with E-state index < -0.39 is 0 Å². The number of rotatable bonds is 5. The van der Waals surface area contributed by atoms with Crippen LogP contribution in [-0.2, 0) is 6.54 Å². The molecule has 0 bridgehead atoms. The number of ether oxygens (including phenoxy) is 3. The van der Waals surface area contributed by atoms with Gasteiger partial charge in [0.25, 0.3) is 0 Å². The van der Waals surface area contributed by atoms with E-state index in [2.05, 4.69) is 15.5 Å². The van der Waals surface area contributed by atoms with Crippen LogP contribution in [0.5, 0.6) is 23.0 Å². The number of phenols is 1. The number of aromatic hydroxyl groups is 1. The van der Waals surface area contributed by atoms with Gasteiger partial charge in [-0.1, -0.05) is 0 Å². The number of hydrogen-bond donors (Lipinski definition) is 2. The minimum absolute atomic E-state index is 0.0514. The first-order valence-electron chi connectivity index (χ1n) is 7.56. The second-order valence-electron chi connectivity index (χ2n) is 5.31. The van der Waals surface area contributed by atoms with Crippen molar-refractivity contribution >= 4 is 5.69 Å². The SMILES string of the molecule is COc1cc(-c2nnc(CNc3ccc4c(c3)OCO4)o2)ccc1O. The lowest BCUT2D eigenvalue weighted by Crippen LogP contribution is -1.99. The number of anilines is 1. The Kier molecular flexibility index (Phi) is 3.77. The monoisotopic (exact) mass is 341 g/mol. The molecule has 0 spiro atoms. The van der Waals surface area contributed by atoms with Gasteiger partial charge in [0.1, 0.15) is 0 Å². The van der Waals surface area contributed by atoms with Crippen LogP contribution < -0.4 is 19.5 Å². The number of fused-ring (bicyclic) bond motifs is 1. The van der Waals surface area contributed by atoms with Crippen molar-refractivity contribution in [1.82, 2.24) is 10.2 Å². The van der Waals surface area contributed by atoms with Crippen molar-refractivity contribution in [3.05, 3.63) is 42.3 Å². The molecule has 0 unspecified atom stereocenters. The summed E-state index contributed by atoms with van der Waals surface area (Å²) >= 11 is 0. The van der Waals surface area contributed by atoms with Crippen LogP contribution >= 0.6 is 0 Å². The van der Waals surface area contributed by atoms with Crippen LogP contribution in [0.1, 0.15) is 5.89 Å². The third-order valence-corrected chi connectivity index (χ3v) is 3.71. The van der Waals surface area contributed by atoms with Gasteiger partial charge in [0.05, 0.1) is 13.7 Å². The van der Waals surface area contributed by atoms with Crippen molar-refractivity contribution < 1.29 is 23.7 Å². The number of nitrogens with one attached hydrogen (secondary N) is 1. The van der Waals surface area contributed by atoms with Gasteiger partial charge in [-0.25, -0.2) is 0 Å². The Bertz CT molecular complexity index is 909. The molecule has 2 heterocycles. The molecule has 2 aromatic carbocycles. The first-order valence-corrected chi connectivity index (χ1v) is 7.56. The summed E-state index contributed by atoms with van der Waals surface area (Å²) in [6.45, 7) is 0.601. The standard InChI is InChI=1S/C17H15N3O5/c1-22-14-6-10(2-4-12(14)21)17-20-19-16(25-17)8-18-11-3-5-13-15(7-11)24-9-23-13/h2-7,18,21H,8-9H2,1H3. The van der Waals surface area contributed by atoms with Crippen LogP contribution in [0, 0.1) is 0 Å². The first kappa shape index (κ1) is 15.1. The summed E-state index contributed by atoms with van der Waals surface area (Å²) in [7, 11) is 1.48. The average molecular weight is 341 g/mol. The Morgan fingerprint density at radius 3 is 2.88 bits per heavy atom. The van der Waals surface area contributed by atoms with E-state index in [9.17, 15) is 5.11 Å². The summed E-state index contributed by atoms with van der Waals surface area (Å²) in [4.78, 5) is 0. The van der Waals surface area contributed by atoms with Crippen LogP contribution in [0.3, 0.4) is 0 Å². The topological polar surface area (TPSA) is 98.9 Å². The highest BCUT2D eigenvalue weighted by Crippen LogP contribution is 2.34. The van der Waals surface area contributed by atoms with E-state index in [0.717, 1.165) is 11.4 Å². The van der Waals surface area contributed by atoms with E-state index in [-0.39, 0.29) is 12.5 Å². The summed E-state index contributed by atoms with van der Waals surface area (Å²) in [5, 5.41) is 20.9. The Hall–Kier alpha value is -3.42. The Morgan fingerprint density at radius 2 is 2.00 bits per heavy atom. The van der Waals surface area contributed by atoms with Crippen molar-refractivity contribution in [3.63, 3.8) is 0 Å². The summed E-state index contributed by atoms with van der Waals surface area (Å²) < 4.78 is 21.3. The molecule has 2 N–H and O–H groups in total. The van der Waals surface area contributed by atoms with E-state index in [4.69, 9.17) is 18.6 Å². The molecule has 0 fully saturated rings. The van der Waals surface area contributed by atoms with E-state index >= 15 is 0 Å². The van der Waals surface area contributed by atoms with E-state index in [1.807, 2.05) is 18.2 Å². The molecule has 8 nitrogen and oxygen atoms in total. The van der Waals surface area contributed by atoms with Crippen molar-refractivity contribution in [2.75, 3.05) is 19.2 Å². The smallest absolute Gasteiger partial charge is 0.247 e. The van der Waals surface area contributed by atoms with E-state index in [1.54, 1.807) is 12.1 Å². The fourth-order valence-electron chi connectivity index (χ4n) is 2.44. The molecule has 25 heavy (non-hydrogen) atoms. The highest BCUT2D eigenvalue weighted by atomic mass is 16.7. The Morgan fingerprint density at radius 1 is 1.12 bits per heavy atom. The zero-order valence-electron chi connectivity index (χ0n) is 13.4. The summed E-state index contributed by atoms with van der Waals surface area (Å²) in [5.74, 6) is 2.60. The molecule has 0 atom stereocenters. The summed E-state index contributed by atoms with van der Waals surface area (Å²) in [6.07, 6.45) is 0. The molecule has 1 aromatic heterocycles. The molecule has 1 aliphatic heterocycles. The van der Waals surface area contributed by atoms with Gasteiger partial charge in [0, 0.05) is 17.3 Å². The van der Waals surface area contributed by atoms with Crippen LogP contribution in [0.15, 0.2) is 40.8 Å². The molecule has 128 valence electrons. The molecule has 0 amide bonds. The van der Waals surface area contributed by atoms with E-state index in [0.29, 0.717) is 35.4 Å². The van der Waals surface area contributed by atoms with Crippen LogP contribution in [-0.4, -0.2) is 29.2 Å². The highest BCUT2D eigenvalue weighted by molar-refractivity contribution is 5.59. The number of nitrogens with zero attached hydrogens (tertiary/aromatic N) is 2. The minimum Gasteiger partial charge on any atom is -0.504 e. The zero-order chi connectivity index (χ0) is 17.2. The zero-order valence-corrected chi connectivity index (χ0v) is 13.4. The number of aromatic nitrogens is 2. The summed E-state index contributed by atoms with van der Waals surface area (Å²) in [6, 6.07) is 10.4. The molecular formula is C17H15N3O5. The lowest BCUT2D eigenvalue weighted by molar-refractivity contribution is 0.174. The highest BCUT2D eigenvalue weighted by Gasteiger charge is 2.14. The van der Waals surface area contributed by atoms with Gasteiger partial charge in [-0.15, -0.1) is 10.2 Å². The number of hydrogen-bond acceptors (Lipinski definition) is 8. The van der Waals surface area contributed by atoms with Gasteiger partial charge in [-0.3, -0.25) is 0 Å². The molecule has 0 saturated heterocycles. The maximum absolute atomic E-state index is 9.64. The molecule has 1 aliphatic rings. The van der Waals surface area contributed by atoms with Gasteiger partial charge in [-0.05, 0) is 30.3 Å². The van der Waals surface area contributed by atoms with Crippen molar-refractivity contribution in [1.29, 1.82) is 0 Å². The Labute approximate surface area is 143 Å². The van der Waals surface area contributed by atoms with E-state index in [1.165, 1.54) is 13.2 Å². The van der Waals surface area contributed by atoms with Crippen LogP contribution in [0.4, 0.5) is 5.69 Å². The maximum Gasteiger partial charge on any atom is 0.247 e. The minimum atomic E-state index is 0.0514. The molecule has 0 radical (unpaired) electrons. The van der Waals surface area contributed by atoms with Crippen LogP contribution in [0.2, 0.25) is 0 Å². The van der Waals surface area contributed by atoms with Gasteiger partial charge in [0.15, 0.2) is 23.0 Å². The summed E-state index contributed by atoms with van der Waals surface area (Å²) in [5.41, 5.74) is 1.52. The lowest BCUT2D eigenvalue weighted by Gasteiger charge is -2.05. The van der Waals surface area contributed by atoms with Crippen molar-refractivity contribution in [2.24, 2.45) is 0 Å². The third kappa shape index (κ3) is 3.01. The van der Waals surface area contributed by atoms with Crippen molar-refractivity contribution in [2.45, 2.75) is 6.54 Å². The van der Waals surface area contributed by atoms with Gasteiger partial charge >= 0.3 is 0 Å². The second-order valence-corrected chi connectivity index (χ2v) is 5.31. The third-order valence-electron chi connectivity index (χ3n) is 3.71. The Balaban J connectivity index is 1.46. The predicted molar refractivity (Wildman–Crippen MR) is 87.8 cm³/mol. The van der Waals surface area contributed by atoms with Gasteiger partial charge in [0.2, 0.25) is 18.6 Å². The maximum atomic E-state index is 9.64. The molecule has 0 aliphatic carbocycles. The van der Waals surface area contributed by atoms with Crippen LogP contribution in [0.25, 0.3) is 11.5 Å². The second kappa shape index (κ2) is 6.23. The first-order chi connectivity index (χ1) is 12.2. The number of benzene rings is 2. The predicted octanol–water partition coefficient (Wildman–Crippen LogP) is 2.79. The molecule has 0 saturated carbocycles. The molecular weight excluding hydrogens is 326 g/mol.